The first-order valence-corrected chi connectivity index (χ1v) is 8.52. The van der Waals surface area contributed by atoms with Crippen molar-refractivity contribution < 1.29 is 4.74 Å². The molecule has 1 N–H and O–H groups in total. The Balaban J connectivity index is 1.61. The molecule has 2 fully saturated rings. The van der Waals surface area contributed by atoms with Crippen LogP contribution < -0.4 is 5.32 Å². The molecule has 0 spiro atoms. The zero-order valence-corrected chi connectivity index (χ0v) is 13.5. The number of fused-ring (bicyclic) bond motifs is 1. The van der Waals surface area contributed by atoms with Gasteiger partial charge in [0.25, 0.3) is 0 Å². The van der Waals surface area contributed by atoms with Crippen LogP contribution >= 0.6 is 0 Å². The summed E-state index contributed by atoms with van der Waals surface area (Å²) >= 11 is 0. The summed E-state index contributed by atoms with van der Waals surface area (Å²) in [6.07, 6.45) is 6.72. The Morgan fingerprint density at radius 1 is 1.14 bits per heavy atom. The molecule has 2 atom stereocenters. The average Bonchev–Trinajstić information content (AvgIpc) is 3.12. The lowest BCUT2D eigenvalue weighted by atomic mass is 9.77. The molecule has 1 aromatic rings. The van der Waals surface area contributed by atoms with Gasteiger partial charge in [0.2, 0.25) is 0 Å². The quantitative estimate of drug-likeness (QED) is 0.740. The first-order chi connectivity index (χ1) is 10.2. The van der Waals surface area contributed by atoms with Gasteiger partial charge in [0.15, 0.2) is 0 Å². The zero-order valence-electron chi connectivity index (χ0n) is 13.5. The minimum atomic E-state index is 0.495. The number of ether oxygens (including phenoxy) is 1. The van der Waals surface area contributed by atoms with E-state index in [1.54, 1.807) is 7.11 Å². The van der Waals surface area contributed by atoms with Crippen molar-refractivity contribution in [3.63, 3.8) is 0 Å². The molecular formula is C19H29NO. The summed E-state index contributed by atoms with van der Waals surface area (Å²) in [6, 6.07) is 9.30. The molecule has 2 aliphatic rings. The topological polar surface area (TPSA) is 21.3 Å². The van der Waals surface area contributed by atoms with Crippen molar-refractivity contribution in [1.82, 2.24) is 5.32 Å². The van der Waals surface area contributed by atoms with E-state index in [9.17, 15) is 0 Å². The Hall–Kier alpha value is -0.860. The summed E-state index contributed by atoms with van der Waals surface area (Å²) in [5.74, 6) is 2.06. The fourth-order valence-corrected chi connectivity index (χ4v) is 4.21. The molecular weight excluding hydrogens is 258 g/mol. The molecule has 0 radical (unpaired) electrons. The molecule has 0 saturated heterocycles. The van der Waals surface area contributed by atoms with Gasteiger partial charge in [0, 0.05) is 20.2 Å². The molecule has 2 unspecified atom stereocenters. The number of hydrogen-bond donors (Lipinski definition) is 1. The van der Waals surface area contributed by atoms with Gasteiger partial charge >= 0.3 is 0 Å². The van der Waals surface area contributed by atoms with Crippen LogP contribution in [-0.2, 0) is 17.6 Å². The molecule has 21 heavy (non-hydrogen) atoms. The summed E-state index contributed by atoms with van der Waals surface area (Å²) in [6.45, 7) is 5.16. The van der Waals surface area contributed by atoms with Crippen LogP contribution in [0.15, 0.2) is 24.3 Å². The van der Waals surface area contributed by atoms with Gasteiger partial charge in [0.05, 0.1) is 6.61 Å². The number of rotatable bonds is 8. The van der Waals surface area contributed by atoms with Crippen molar-refractivity contribution in [2.45, 2.75) is 39.0 Å². The lowest BCUT2D eigenvalue weighted by Crippen LogP contribution is -2.36. The minimum absolute atomic E-state index is 0.495. The Morgan fingerprint density at radius 3 is 2.43 bits per heavy atom. The summed E-state index contributed by atoms with van der Waals surface area (Å²) in [5.41, 5.74) is 3.46. The van der Waals surface area contributed by atoms with E-state index in [1.807, 2.05) is 0 Å². The van der Waals surface area contributed by atoms with Crippen LogP contribution in [0.5, 0.6) is 0 Å². The van der Waals surface area contributed by atoms with Gasteiger partial charge in [0.1, 0.15) is 0 Å². The second kappa shape index (κ2) is 6.50. The number of benzene rings is 1. The predicted octanol–water partition coefficient (Wildman–Crippen LogP) is 3.44. The normalized spacial score (nSPS) is 30.4. The summed E-state index contributed by atoms with van der Waals surface area (Å²) in [7, 11) is 1.78. The second-order valence-electron chi connectivity index (χ2n) is 7.18. The maximum Gasteiger partial charge on any atom is 0.0587 e. The van der Waals surface area contributed by atoms with Crippen LogP contribution in [0.2, 0.25) is 0 Å². The lowest BCUT2D eigenvalue weighted by molar-refractivity contribution is 0.186. The molecule has 2 nitrogen and oxygen atoms in total. The van der Waals surface area contributed by atoms with E-state index in [2.05, 4.69) is 36.5 Å². The van der Waals surface area contributed by atoms with Crippen LogP contribution in [0, 0.1) is 17.3 Å². The summed E-state index contributed by atoms with van der Waals surface area (Å²) < 4.78 is 5.15. The van der Waals surface area contributed by atoms with E-state index in [1.165, 1.54) is 36.8 Å². The minimum Gasteiger partial charge on any atom is -0.383 e. The molecule has 0 bridgehead atoms. The van der Waals surface area contributed by atoms with E-state index in [0.29, 0.717) is 5.41 Å². The zero-order chi connectivity index (χ0) is 14.7. The van der Waals surface area contributed by atoms with Gasteiger partial charge in [-0.25, -0.2) is 0 Å². The average molecular weight is 287 g/mol. The molecule has 1 aromatic carbocycles. The molecule has 2 aliphatic carbocycles. The van der Waals surface area contributed by atoms with Gasteiger partial charge < -0.3 is 10.1 Å². The van der Waals surface area contributed by atoms with Gasteiger partial charge in [-0.15, -0.1) is 0 Å². The Labute approximate surface area is 129 Å². The monoisotopic (exact) mass is 287 g/mol. The number of aryl methyl sites for hydroxylation is 1. The third-order valence-electron chi connectivity index (χ3n) is 5.45. The van der Waals surface area contributed by atoms with E-state index in [4.69, 9.17) is 4.74 Å². The van der Waals surface area contributed by atoms with Crippen molar-refractivity contribution in [3.05, 3.63) is 35.4 Å². The predicted molar refractivity (Wildman–Crippen MR) is 87.5 cm³/mol. The fraction of sp³-hybridized carbons (Fsp3) is 0.684. The number of nitrogens with one attached hydrogen (secondary N) is 1. The first kappa shape index (κ1) is 15.1. The van der Waals surface area contributed by atoms with Gasteiger partial charge in [-0.3, -0.25) is 0 Å². The fourth-order valence-electron chi connectivity index (χ4n) is 4.21. The molecule has 116 valence electrons. The van der Waals surface area contributed by atoms with Gasteiger partial charge in [-0.2, -0.15) is 0 Å². The van der Waals surface area contributed by atoms with Crippen LogP contribution in [0.4, 0.5) is 0 Å². The Bertz CT molecular complexity index is 443. The molecule has 0 heterocycles. The molecule has 0 aliphatic heterocycles. The third-order valence-corrected chi connectivity index (χ3v) is 5.45. The molecule has 0 aromatic heterocycles. The van der Waals surface area contributed by atoms with E-state index >= 15 is 0 Å². The lowest BCUT2D eigenvalue weighted by Gasteiger charge is -2.32. The highest BCUT2D eigenvalue weighted by molar-refractivity contribution is 5.24. The largest absolute Gasteiger partial charge is 0.383 e. The van der Waals surface area contributed by atoms with Gasteiger partial charge in [-0.1, -0.05) is 31.2 Å². The maximum absolute atomic E-state index is 5.15. The van der Waals surface area contributed by atoms with Gasteiger partial charge in [-0.05, 0) is 60.5 Å². The highest BCUT2D eigenvalue weighted by atomic mass is 16.5. The van der Waals surface area contributed by atoms with Crippen LogP contribution in [0.25, 0.3) is 0 Å². The highest BCUT2D eigenvalue weighted by Gasteiger charge is 2.53. The van der Waals surface area contributed by atoms with Crippen molar-refractivity contribution in [3.8, 4) is 0 Å². The first-order valence-electron chi connectivity index (χ1n) is 8.52. The summed E-state index contributed by atoms with van der Waals surface area (Å²) in [5, 5.41) is 3.63. The Kier molecular flexibility index (Phi) is 4.66. The molecule has 3 rings (SSSR count). The summed E-state index contributed by atoms with van der Waals surface area (Å²) in [4.78, 5) is 0. The third kappa shape index (κ3) is 3.67. The van der Waals surface area contributed by atoms with Crippen LogP contribution in [0.1, 0.15) is 37.3 Å². The smallest absolute Gasteiger partial charge is 0.0587 e. The van der Waals surface area contributed by atoms with E-state index < -0.39 is 0 Å². The van der Waals surface area contributed by atoms with Crippen LogP contribution in [0.3, 0.4) is 0 Å². The van der Waals surface area contributed by atoms with E-state index in [0.717, 1.165) is 38.0 Å². The molecule has 0 amide bonds. The van der Waals surface area contributed by atoms with Crippen molar-refractivity contribution in [2.75, 3.05) is 26.8 Å². The Morgan fingerprint density at radius 2 is 1.81 bits per heavy atom. The SMILES string of the molecule is CCc1ccc(CC2(CNCCOC)CC3CC3C2)cc1. The van der Waals surface area contributed by atoms with Crippen molar-refractivity contribution in [1.29, 1.82) is 0 Å². The maximum atomic E-state index is 5.15. The standard InChI is InChI=1S/C19H29NO/c1-3-15-4-6-16(7-5-15)11-19(14-20-8-9-21-2)12-17-10-18(17)13-19/h4-7,17-18,20H,3,8-14H2,1-2H3. The van der Waals surface area contributed by atoms with E-state index in [-0.39, 0.29) is 0 Å². The number of hydrogen-bond acceptors (Lipinski definition) is 2. The van der Waals surface area contributed by atoms with Crippen LogP contribution in [-0.4, -0.2) is 26.8 Å². The second-order valence-corrected chi connectivity index (χ2v) is 7.18. The molecule has 2 saturated carbocycles. The van der Waals surface area contributed by atoms with Crippen molar-refractivity contribution >= 4 is 0 Å². The molecule has 2 heteroatoms. The van der Waals surface area contributed by atoms with Crippen molar-refractivity contribution in [2.24, 2.45) is 17.3 Å². The number of methoxy groups -OCH3 is 1. The highest BCUT2D eigenvalue weighted by Crippen LogP contribution is 2.60.